The fraction of sp³-hybridized carbons (Fsp3) is 0.316. The smallest absolute Gasteiger partial charge is 0.323 e. The van der Waals surface area contributed by atoms with Gasteiger partial charge in [0, 0.05) is 22.9 Å². The van der Waals surface area contributed by atoms with E-state index in [1.54, 1.807) is 23.5 Å². The van der Waals surface area contributed by atoms with Crippen LogP contribution in [0.4, 0.5) is 10.5 Å². The zero-order chi connectivity index (χ0) is 17.9. The van der Waals surface area contributed by atoms with Crippen molar-refractivity contribution < 1.29 is 14.3 Å². The van der Waals surface area contributed by atoms with E-state index >= 15 is 0 Å². The average molecular weight is 389 g/mol. The number of anilines is 1. The van der Waals surface area contributed by atoms with Crippen LogP contribution in [0.5, 0.6) is 11.5 Å². The lowest BCUT2D eigenvalue weighted by Gasteiger charge is -2.26. The molecule has 0 aromatic heterocycles. The van der Waals surface area contributed by atoms with Crippen LogP contribution in [0.25, 0.3) is 0 Å². The maximum atomic E-state index is 12.8. The van der Waals surface area contributed by atoms with E-state index in [4.69, 9.17) is 9.47 Å². The molecule has 7 heteroatoms. The van der Waals surface area contributed by atoms with Gasteiger partial charge in [-0.2, -0.15) is 0 Å². The van der Waals surface area contributed by atoms with Crippen LogP contribution in [-0.2, 0) is 0 Å². The van der Waals surface area contributed by atoms with E-state index in [9.17, 15) is 4.79 Å². The van der Waals surface area contributed by atoms with E-state index in [1.807, 2.05) is 53.6 Å². The quantitative estimate of drug-likeness (QED) is 0.787. The zero-order valence-electron chi connectivity index (χ0n) is 14.4. The van der Waals surface area contributed by atoms with Crippen LogP contribution < -0.4 is 14.8 Å². The number of nitrogens with zero attached hydrogens (tertiary/aromatic N) is 1. The highest BCUT2D eigenvalue weighted by Crippen LogP contribution is 2.41. The molecule has 0 saturated carbocycles. The van der Waals surface area contributed by atoms with E-state index in [0.29, 0.717) is 13.2 Å². The predicted octanol–water partition coefficient (Wildman–Crippen LogP) is 4.46. The van der Waals surface area contributed by atoms with Crippen molar-refractivity contribution in [3.63, 3.8) is 0 Å². The number of carbonyl (C=O) groups is 1. The van der Waals surface area contributed by atoms with Gasteiger partial charge in [0.25, 0.3) is 0 Å². The van der Waals surface area contributed by atoms with Crippen molar-refractivity contribution >= 4 is 35.2 Å². The minimum Gasteiger partial charge on any atom is -0.486 e. The molecule has 0 spiro atoms. The lowest BCUT2D eigenvalue weighted by Crippen LogP contribution is -2.34. The van der Waals surface area contributed by atoms with Crippen LogP contribution in [0.1, 0.15) is 10.9 Å². The number of amides is 2. The Hall–Kier alpha value is -1.99. The molecular formula is C19H20N2O3S2. The molecule has 0 unspecified atom stereocenters. The summed E-state index contributed by atoms with van der Waals surface area (Å²) in [6.45, 7) is 1.86. The highest BCUT2D eigenvalue weighted by Gasteiger charge is 2.31. The van der Waals surface area contributed by atoms with Crippen molar-refractivity contribution in [1.82, 2.24) is 4.90 Å². The predicted molar refractivity (Wildman–Crippen MR) is 107 cm³/mol. The summed E-state index contributed by atoms with van der Waals surface area (Å²) in [5.41, 5.74) is 1.87. The monoisotopic (exact) mass is 388 g/mol. The normalized spacial score (nSPS) is 18.7. The number of urea groups is 1. The summed E-state index contributed by atoms with van der Waals surface area (Å²) >= 11 is 3.45. The molecule has 2 aromatic rings. The highest BCUT2D eigenvalue weighted by atomic mass is 32.2. The first kappa shape index (κ1) is 17.4. The van der Waals surface area contributed by atoms with Gasteiger partial charge in [-0.1, -0.05) is 6.07 Å². The van der Waals surface area contributed by atoms with E-state index in [1.165, 1.54) is 4.90 Å². The number of ether oxygens (including phenoxy) is 2. The number of hydrogen-bond acceptors (Lipinski definition) is 5. The van der Waals surface area contributed by atoms with Crippen molar-refractivity contribution in [3.8, 4) is 11.5 Å². The number of rotatable bonds is 3. The van der Waals surface area contributed by atoms with Gasteiger partial charge in [0.2, 0.25) is 0 Å². The fourth-order valence-corrected chi connectivity index (χ4v) is 4.69. The molecule has 26 heavy (non-hydrogen) atoms. The summed E-state index contributed by atoms with van der Waals surface area (Å²) in [5.74, 6) is 2.44. The summed E-state index contributed by atoms with van der Waals surface area (Å²) in [7, 11) is 0. The van der Waals surface area contributed by atoms with Crippen LogP contribution in [0.15, 0.2) is 47.4 Å². The summed E-state index contributed by atoms with van der Waals surface area (Å²) in [6, 6.07) is 13.8. The molecule has 0 aliphatic carbocycles. The van der Waals surface area contributed by atoms with Crippen LogP contribution in [0, 0.1) is 0 Å². The largest absolute Gasteiger partial charge is 0.486 e. The SMILES string of the molecule is CSc1ccc(NC(=O)N2CCS[C@@H]2c2ccc3c(c2)OCCO3)cc1. The van der Waals surface area contributed by atoms with E-state index < -0.39 is 0 Å². The third-order valence-electron chi connectivity index (χ3n) is 4.34. The second-order valence-corrected chi connectivity index (χ2v) is 8.05. The first-order valence-electron chi connectivity index (χ1n) is 8.47. The van der Waals surface area contributed by atoms with Gasteiger partial charge in [-0.05, 0) is 48.2 Å². The minimum absolute atomic E-state index is 0.0173. The standard InChI is InChI=1S/C19H20N2O3S2/c1-25-15-5-3-14(4-6-15)20-19(22)21-8-11-26-18(21)13-2-7-16-17(12-13)24-10-9-23-16/h2-7,12,18H,8-11H2,1H3,(H,20,22)/t18-/m1/s1. The number of hydrogen-bond donors (Lipinski definition) is 1. The second-order valence-electron chi connectivity index (χ2n) is 5.98. The Labute approximate surface area is 161 Å². The highest BCUT2D eigenvalue weighted by molar-refractivity contribution is 7.99. The van der Waals surface area contributed by atoms with Crippen molar-refractivity contribution in [1.29, 1.82) is 0 Å². The summed E-state index contributed by atoms with van der Waals surface area (Å²) in [5, 5.41) is 2.99. The van der Waals surface area contributed by atoms with E-state index in [-0.39, 0.29) is 11.4 Å². The minimum atomic E-state index is -0.0770. The molecule has 2 heterocycles. The molecule has 1 atom stereocenters. The molecule has 4 rings (SSSR count). The van der Waals surface area contributed by atoms with Gasteiger partial charge in [-0.25, -0.2) is 4.79 Å². The Morgan fingerprint density at radius 3 is 2.69 bits per heavy atom. The van der Waals surface area contributed by atoms with Crippen LogP contribution in [-0.4, -0.2) is 42.7 Å². The van der Waals surface area contributed by atoms with E-state index in [0.717, 1.165) is 35.0 Å². The van der Waals surface area contributed by atoms with Gasteiger partial charge < -0.3 is 19.7 Å². The van der Waals surface area contributed by atoms with Crippen molar-refractivity contribution in [3.05, 3.63) is 48.0 Å². The fourth-order valence-electron chi connectivity index (χ4n) is 3.04. The third-order valence-corrected chi connectivity index (χ3v) is 6.35. The van der Waals surface area contributed by atoms with Crippen molar-refractivity contribution in [2.24, 2.45) is 0 Å². The Balaban J connectivity index is 1.49. The number of carbonyl (C=O) groups excluding carboxylic acids is 1. The van der Waals surface area contributed by atoms with Gasteiger partial charge >= 0.3 is 6.03 Å². The summed E-state index contributed by atoms with van der Waals surface area (Å²) in [4.78, 5) is 15.8. The number of fused-ring (bicyclic) bond motifs is 1. The van der Waals surface area contributed by atoms with Gasteiger partial charge in [0.15, 0.2) is 11.5 Å². The first-order chi connectivity index (χ1) is 12.7. The lowest BCUT2D eigenvalue weighted by molar-refractivity contribution is 0.171. The van der Waals surface area contributed by atoms with Gasteiger partial charge in [-0.3, -0.25) is 0 Å². The third kappa shape index (κ3) is 3.59. The molecule has 0 radical (unpaired) electrons. The van der Waals surface area contributed by atoms with Crippen molar-refractivity contribution in [2.45, 2.75) is 10.3 Å². The van der Waals surface area contributed by atoms with Crippen LogP contribution in [0.2, 0.25) is 0 Å². The molecule has 5 nitrogen and oxygen atoms in total. The van der Waals surface area contributed by atoms with Crippen molar-refractivity contribution in [2.75, 3.05) is 37.1 Å². The van der Waals surface area contributed by atoms with Gasteiger partial charge in [0.05, 0.1) is 0 Å². The van der Waals surface area contributed by atoms with Gasteiger partial charge in [0.1, 0.15) is 18.6 Å². The van der Waals surface area contributed by atoms with Crippen LogP contribution >= 0.6 is 23.5 Å². The topological polar surface area (TPSA) is 50.8 Å². The second kappa shape index (κ2) is 7.72. The van der Waals surface area contributed by atoms with Gasteiger partial charge in [-0.15, -0.1) is 23.5 Å². The average Bonchev–Trinajstić information content (AvgIpc) is 3.18. The molecule has 136 valence electrons. The Kier molecular flexibility index (Phi) is 5.17. The number of nitrogens with one attached hydrogen (secondary N) is 1. The molecule has 1 fully saturated rings. The Morgan fingerprint density at radius 1 is 1.15 bits per heavy atom. The molecule has 0 bridgehead atoms. The van der Waals surface area contributed by atoms with E-state index in [2.05, 4.69) is 5.32 Å². The lowest BCUT2D eigenvalue weighted by atomic mass is 10.1. The number of benzene rings is 2. The molecule has 2 aliphatic heterocycles. The summed E-state index contributed by atoms with van der Waals surface area (Å²) < 4.78 is 11.3. The molecular weight excluding hydrogens is 368 g/mol. The molecule has 2 aromatic carbocycles. The first-order valence-corrected chi connectivity index (χ1v) is 10.7. The van der Waals surface area contributed by atoms with Crippen LogP contribution in [0.3, 0.4) is 0 Å². The zero-order valence-corrected chi connectivity index (χ0v) is 16.1. The molecule has 1 saturated heterocycles. The number of thioether (sulfide) groups is 2. The molecule has 2 amide bonds. The molecule has 2 aliphatic rings. The molecule has 1 N–H and O–H groups in total. The maximum absolute atomic E-state index is 12.8. The maximum Gasteiger partial charge on any atom is 0.323 e. The summed E-state index contributed by atoms with van der Waals surface area (Å²) in [6.07, 6.45) is 2.03. The Morgan fingerprint density at radius 2 is 1.92 bits per heavy atom. The Bertz CT molecular complexity index is 798.